The number of hydrogen-bond donors (Lipinski definition) is 0. The molecule has 1 amide bonds. The maximum atomic E-state index is 14.0. The SMILES string of the molecule is O=C(c1c(F)cccc1Cl)N1CCN(c2ccc(-n3ccnc3)nn2)CC1. The van der Waals surface area contributed by atoms with E-state index in [1.807, 2.05) is 17.0 Å². The second kappa shape index (κ2) is 7.32. The number of carbonyl (C=O) groups is 1. The van der Waals surface area contributed by atoms with Gasteiger partial charge in [-0.3, -0.25) is 9.36 Å². The molecule has 1 saturated heterocycles. The third-order valence-corrected chi connectivity index (χ3v) is 4.79. The maximum Gasteiger partial charge on any atom is 0.258 e. The smallest absolute Gasteiger partial charge is 0.258 e. The predicted molar refractivity (Wildman–Crippen MR) is 98.7 cm³/mol. The summed E-state index contributed by atoms with van der Waals surface area (Å²) in [5.74, 6) is 0.421. The summed E-state index contributed by atoms with van der Waals surface area (Å²) < 4.78 is 15.8. The summed E-state index contributed by atoms with van der Waals surface area (Å²) in [4.78, 5) is 20.2. The van der Waals surface area contributed by atoms with Crippen LogP contribution in [0.15, 0.2) is 49.1 Å². The van der Waals surface area contributed by atoms with E-state index < -0.39 is 5.82 Å². The average molecular weight is 387 g/mol. The Hall–Kier alpha value is -3.00. The molecule has 138 valence electrons. The number of nitrogens with zero attached hydrogens (tertiary/aromatic N) is 6. The average Bonchev–Trinajstić information content (AvgIpc) is 3.23. The number of benzene rings is 1. The van der Waals surface area contributed by atoms with E-state index in [1.54, 1.807) is 28.2 Å². The zero-order valence-corrected chi connectivity index (χ0v) is 15.1. The van der Waals surface area contributed by atoms with Gasteiger partial charge in [0.1, 0.15) is 12.1 Å². The van der Waals surface area contributed by atoms with Crippen LogP contribution in [-0.2, 0) is 0 Å². The van der Waals surface area contributed by atoms with Gasteiger partial charge in [-0.25, -0.2) is 9.37 Å². The van der Waals surface area contributed by atoms with Gasteiger partial charge >= 0.3 is 0 Å². The van der Waals surface area contributed by atoms with Crippen LogP contribution >= 0.6 is 11.6 Å². The lowest BCUT2D eigenvalue weighted by Crippen LogP contribution is -2.49. The lowest BCUT2D eigenvalue weighted by atomic mass is 10.1. The molecule has 3 aromatic rings. The first kappa shape index (κ1) is 17.4. The van der Waals surface area contributed by atoms with Gasteiger partial charge in [0.25, 0.3) is 5.91 Å². The molecule has 1 aliphatic rings. The highest BCUT2D eigenvalue weighted by atomic mass is 35.5. The summed E-state index contributed by atoms with van der Waals surface area (Å²) >= 11 is 6.00. The number of carbonyl (C=O) groups excluding carboxylic acids is 1. The van der Waals surface area contributed by atoms with E-state index >= 15 is 0 Å². The molecule has 0 atom stereocenters. The van der Waals surface area contributed by atoms with Crippen LogP contribution in [0.2, 0.25) is 5.02 Å². The highest BCUT2D eigenvalue weighted by molar-refractivity contribution is 6.33. The summed E-state index contributed by atoms with van der Waals surface area (Å²) in [7, 11) is 0. The van der Waals surface area contributed by atoms with Crippen LogP contribution in [0.5, 0.6) is 0 Å². The molecule has 0 bridgehead atoms. The molecule has 0 spiro atoms. The maximum absolute atomic E-state index is 14.0. The Bertz CT molecular complexity index is 919. The third kappa shape index (κ3) is 3.48. The molecule has 3 heterocycles. The highest BCUT2D eigenvalue weighted by Crippen LogP contribution is 2.22. The molecule has 4 rings (SSSR count). The van der Waals surface area contributed by atoms with Gasteiger partial charge in [-0.05, 0) is 24.3 Å². The van der Waals surface area contributed by atoms with Gasteiger partial charge in [0.05, 0.1) is 10.6 Å². The third-order valence-electron chi connectivity index (χ3n) is 4.47. The summed E-state index contributed by atoms with van der Waals surface area (Å²) in [6, 6.07) is 7.99. The van der Waals surface area contributed by atoms with Crippen molar-refractivity contribution in [1.82, 2.24) is 24.6 Å². The van der Waals surface area contributed by atoms with E-state index in [2.05, 4.69) is 15.2 Å². The number of hydrogen-bond acceptors (Lipinski definition) is 5. The molecule has 0 saturated carbocycles. The lowest BCUT2D eigenvalue weighted by molar-refractivity contribution is 0.0742. The van der Waals surface area contributed by atoms with E-state index in [9.17, 15) is 9.18 Å². The first-order chi connectivity index (χ1) is 13.1. The van der Waals surface area contributed by atoms with Gasteiger partial charge in [0, 0.05) is 38.6 Å². The first-order valence-electron chi connectivity index (χ1n) is 8.44. The van der Waals surface area contributed by atoms with Crippen LogP contribution in [0.4, 0.5) is 10.2 Å². The zero-order chi connectivity index (χ0) is 18.8. The minimum Gasteiger partial charge on any atom is -0.352 e. The molecular weight excluding hydrogens is 371 g/mol. The number of halogens is 2. The molecule has 1 aromatic carbocycles. The fourth-order valence-electron chi connectivity index (χ4n) is 3.02. The molecule has 27 heavy (non-hydrogen) atoms. The second-order valence-electron chi connectivity index (χ2n) is 6.10. The predicted octanol–water partition coefficient (Wildman–Crippen LogP) is 2.42. The first-order valence-corrected chi connectivity index (χ1v) is 8.81. The number of piperazine rings is 1. The second-order valence-corrected chi connectivity index (χ2v) is 6.50. The highest BCUT2D eigenvalue weighted by Gasteiger charge is 2.26. The Labute approximate surface area is 160 Å². The van der Waals surface area contributed by atoms with Gasteiger partial charge in [-0.1, -0.05) is 17.7 Å². The summed E-state index contributed by atoms with van der Waals surface area (Å²) in [6.07, 6.45) is 5.12. The Morgan fingerprint density at radius 2 is 1.78 bits per heavy atom. The molecule has 0 aliphatic carbocycles. The van der Waals surface area contributed by atoms with Crippen LogP contribution in [-0.4, -0.2) is 56.7 Å². The van der Waals surface area contributed by atoms with Gasteiger partial charge in [0.15, 0.2) is 11.6 Å². The van der Waals surface area contributed by atoms with Gasteiger partial charge in [0.2, 0.25) is 0 Å². The number of aromatic nitrogens is 4. The van der Waals surface area contributed by atoms with Gasteiger partial charge in [-0.2, -0.15) is 0 Å². The summed E-state index contributed by atoms with van der Waals surface area (Å²) in [5, 5.41) is 8.59. The molecule has 1 fully saturated rings. The lowest BCUT2D eigenvalue weighted by Gasteiger charge is -2.35. The summed E-state index contributed by atoms with van der Waals surface area (Å²) in [5.41, 5.74) is -0.0721. The van der Waals surface area contributed by atoms with Crippen LogP contribution < -0.4 is 4.90 Å². The van der Waals surface area contributed by atoms with E-state index in [0.29, 0.717) is 32.0 Å². The molecule has 0 radical (unpaired) electrons. The van der Waals surface area contributed by atoms with E-state index in [4.69, 9.17) is 11.6 Å². The molecule has 0 N–H and O–H groups in total. The molecule has 2 aromatic heterocycles. The Morgan fingerprint density at radius 1 is 1.04 bits per heavy atom. The number of anilines is 1. The molecule has 9 heteroatoms. The van der Waals surface area contributed by atoms with Crippen LogP contribution in [0.3, 0.4) is 0 Å². The fraction of sp³-hybridized carbons (Fsp3) is 0.222. The number of amides is 1. The number of rotatable bonds is 3. The molecule has 1 aliphatic heterocycles. The molecular formula is C18H16ClFN6O. The van der Waals surface area contributed by atoms with Crippen LogP contribution in [0.1, 0.15) is 10.4 Å². The van der Waals surface area contributed by atoms with Gasteiger partial charge in [-0.15, -0.1) is 10.2 Å². The van der Waals surface area contributed by atoms with E-state index in [1.165, 1.54) is 18.2 Å². The van der Waals surface area contributed by atoms with Crippen molar-refractivity contribution in [1.29, 1.82) is 0 Å². The van der Waals surface area contributed by atoms with Gasteiger partial charge < -0.3 is 9.80 Å². The van der Waals surface area contributed by atoms with Crippen molar-refractivity contribution >= 4 is 23.3 Å². The Balaban J connectivity index is 1.42. The minimum absolute atomic E-state index is 0.0721. The van der Waals surface area contributed by atoms with Crippen molar-refractivity contribution in [3.05, 3.63) is 65.5 Å². The van der Waals surface area contributed by atoms with Crippen molar-refractivity contribution in [3.63, 3.8) is 0 Å². The number of imidazole rings is 1. The Kier molecular flexibility index (Phi) is 4.72. The van der Waals surface area contributed by atoms with Crippen molar-refractivity contribution in [2.24, 2.45) is 0 Å². The van der Waals surface area contributed by atoms with Crippen molar-refractivity contribution in [2.45, 2.75) is 0 Å². The fourth-order valence-corrected chi connectivity index (χ4v) is 3.26. The van der Waals surface area contributed by atoms with Crippen molar-refractivity contribution in [2.75, 3.05) is 31.1 Å². The standard InChI is InChI=1S/C18H16ClFN6O/c19-13-2-1-3-14(20)17(13)18(27)25-10-8-24(9-11-25)15-4-5-16(23-22-15)26-7-6-21-12-26/h1-7,12H,8-11H2. The normalized spacial score (nSPS) is 14.4. The quantitative estimate of drug-likeness (QED) is 0.691. The van der Waals surface area contributed by atoms with Crippen molar-refractivity contribution in [3.8, 4) is 5.82 Å². The monoisotopic (exact) mass is 386 g/mol. The Morgan fingerprint density at radius 3 is 2.41 bits per heavy atom. The van der Waals surface area contributed by atoms with E-state index in [-0.39, 0.29) is 16.5 Å². The minimum atomic E-state index is -0.601. The van der Waals surface area contributed by atoms with Crippen LogP contribution in [0, 0.1) is 5.82 Å². The van der Waals surface area contributed by atoms with Crippen molar-refractivity contribution < 1.29 is 9.18 Å². The summed E-state index contributed by atoms with van der Waals surface area (Å²) in [6.45, 7) is 2.07. The molecule has 7 nitrogen and oxygen atoms in total. The topological polar surface area (TPSA) is 67.2 Å². The largest absolute Gasteiger partial charge is 0.352 e. The molecule has 0 unspecified atom stereocenters. The zero-order valence-electron chi connectivity index (χ0n) is 14.3. The van der Waals surface area contributed by atoms with Crippen LogP contribution in [0.25, 0.3) is 5.82 Å². The van der Waals surface area contributed by atoms with E-state index in [0.717, 1.165) is 5.82 Å².